The second-order valence-corrected chi connectivity index (χ2v) is 6.93. The molecule has 142 valence electrons. The number of para-hydroxylation sites is 1. The fourth-order valence-corrected chi connectivity index (χ4v) is 3.86. The highest BCUT2D eigenvalue weighted by molar-refractivity contribution is 6.00. The van der Waals surface area contributed by atoms with Crippen LogP contribution in [0.3, 0.4) is 0 Å². The van der Waals surface area contributed by atoms with Crippen LogP contribution in [-0.4, -0.2) is 37.7 Å². The molecule has 5 nitrogen and oxygen atoms in total. The number of piperidine rings is 1. The van der Waals surface area contributed by atoms with Gasteiger partial charge < -0.3 is 14.2 Å². The van der Waals surface area contributed by atoms with Crippen molar-refractivity contribution in [2.75, 3.05) is 27.0 Å². The largest absolute Gasteiger partial charge is 0.496 e. The second-order valence-electron chi connectivity index (χ2n) is 6.93. The maximum absolute atomic E-state index is 13.7. The average molecular weight is 371 g/mol. The zero-order valence-corrected chi connectivity index (χ0v) is 15.2. The number of Topliss-reactive ketones (excluding diaryl/α,β-unsaturated/α-hetero) is 1. The molecule has 0 unspecified atom stereocenters. The third kappa shape index (κ3) is 3.62. The normalized spacial score (nSPS) is 19.1. The molecule has 1 saturated heterocycles. The first-order valence-electron chi connectivity index (χ1n) is 9.13. The summed E-state index contributed by atoms with van der Waals surface area (Å²) in [7, 11) is 1.50. The van der Waals surface area contributed by atoms with Crippen LogP contribution in [0.1, 0.15) is 28.8 Å². The number of fused-ring (bicyclic) bond motifs is 1. The van der Waals surface area contributed by atoms with Gasteiger partial charge in [0, 0.05) is 24.6 Å². The van der Waals surface area contributed by atoms with Gasteiger partial charge in [0.15, 0.2) is 17.3 Å². The Kier molecular flexibility index (Phi) is 4.99. The van der Waals surface area contributed by atoms with Gasteiger partial charge in [-0.2, -0.15) is 0 Å². The van der Waals surface area contributed by atoms with Crippen LogP contribution in [-0.2, 0) is 6.54 Å². The fraction of sp³-hybridized carbons (Fsp3) is 0.381. The van der Waals surface area contributed by atoms with Crippen molar-refractivity contribution in [3.63, 3.8) is 0 Å². The van der Waals surface area contributed by atoms with Crippen LogP contribution in [0.2, 0.25) is 0 Å². The lowest BCUT2D eigenvalue weighted by atomic mass is 9.89. The summed E-state index contributed by atoms with van der Waals surface area (Å²) in [5, 5.41) is 0. The standard InChI is InChI=1S/C21H22FNO4/c1-25-18-8-7-16(22)10-17(18)20(24)14-5-3-9-23(11-14)12-15-4-2-6-19-21(15)27-13-26-19/h2,4,6-8,10,14H,3,5,9,11-13H2,1H3/t14-/m0/s1. The first-order valence-corrected chi connectivity index (χ1v) is 9.13. The summed E-state index contributed by atoms with van der Waals surface area (Å²) < 4.78 is 29.9. The Balaban J connectivity index is 1.49. The van der Waals surface area contributed by atoms with Gasteiger partial charge >= 0.3 is 0 Å². The Labute approximate surface area is 157 Å². The van der Waals surface area contributed by atoms with Crippen LogP contribution in [0.4, 0.5) is 4.39 Å². The van der Waals surface area contributed by atoms with E-state index in [4.69, 9.17) is 14.2 Å². The predicted octanol–water partition coefficient (Wildman–Crippen LogP) is 3.66. The molecule has 6 heteroatoms. The molecule has 2 aromatic carbocycles. The Hall–Kier alpha value is -2.60. The highest BCUT2D eigenvalue weighted by Gasteiger charge is 2.29. The number of carbonyl (C=O) groups excluding carboxylic acids is 1. The number of hydrogen-bond donors (Lipinski definition) is 0. The number of ketones is 1. The molecular weight excluding hydrogens is 349 g/mol. The first-order chi connectivity index (χ1) is 13.2. The van der Waals surface area contributed by atoms with Crippen molar-refractivity contribution in [1.82, 2.24) is 4.90 Å². The minimum Gasteiger partial charge on any atom is -0.496 e. The van der Waals surface area contributed by atoms with E-state index in [2.05, 4.69) is 4.90 Å². The fourth-order valence-electron chi connectivity index (χ4n) is 3.86. The summed E-state index contributed by atoms with van der Waals surface area (Å²) in [6, 6.07) is 9.95. The van der Waals surface area contributed by atoms with Crippen molar-refractivity contribution in [2.45, 2.75) is 19.4 Å². The van der Waals surface area contributed by atoms with Crippen molar-refractivity contribution in [3.8, 4) is 17.2 Å². The lowest BCUT2D eigenvalue weighted by molar-refractivity contribution is 0.0807. The lowest BCUT2D eigenvalue weighted by Gasteiger charge is -2.32. The molecule has 1 fully saturated rings. The van der Waals surface area contributed by atoms with Crippen molar-refractivity contribution in [2.24, 2.45) is 5.92 Å². The van der Waals surface area contributed by atoms with E-state index in [0.717, 1.165) is 36.4 Å². The van der Waals surface area contributed by atoms with Gasteiger partial charge in [0.2, 0.25) is 6.79 Å². The Morgan fingerprint density at radius 2 is 2.19 bits per heavy atom. The van der Waals surface area contributed by atoms with E-state index in [1.54, 1.807) is 0 Å². The van der Waals surface area contributed by atoms with E-state index in [1.807, 2.05) is 18.2 Å². The SMILES string of the molecule is COc1ccc(F)cc1C(=O)[C@H]1CCCN(Cc2cccc3c2OCO3)C1. The van der Waals surface area contributed by atoms with Gasteiger partial charge in [0.05, 0.1) is 12.7 Å². The van der Waals surface area contributed by atoms with Crippen LogP contribution < -0.4 is 14.2 Å². The van der Waals surface area contributed by atoms with Gasteiger partial charge in [-0.15, -0.1) is 0 Å². The molecule has 0 spiro atoms. The number of methoxy groups -OCH3 is 1. The van der Waals surface area contributed by atoms with Gasteiger partial charge in [-0.3, -0.25) is 9.69 Å². The molecule has 0 bridgehead atoms. The molecule has 0 radical (unpaired) electrons. The summed E-state index contributed by atoms with van der Waals surface area (Å²) in [5.41, 5.74) is 1.38. The summed E-state index contributed by atoms with van der Waals surface area (Å²) in [4.78, 5) is 15.2. The number of rotatable bonds is 5. The number of ether oxygens (including phenoxy) is 3. The molecule has 2 heterocycles. The number of halogens is 1. The van der Waals surface area contributed by atoms with Crippen molar-refractivity contribution < 1.29 is 23.4 Å². The highest BCUT2D eigenvalue weighted by atomic mass is 19.1. The molecule has 0 aliphatic carbocycles. The quantitative estimate of drug-likeness (QED) is 0.751. The van der Waals surface area contributed by atoms with Crippen molar-refractivity contribution >= 4 is 5.78 Å². The maximum atomic E-state index is 13.7. The summed E-state index contributed by atoms with van der Waals surface area (Å²) in [6.07, 6.45) is 1.71. The molecule has 1 atom stereocenters. The lowest BCUT2D eigenvalue weighted by Crippen LogP contribution is -2.38. The zero-order chi connectivity index (χ0) is 18.8. The molecule has 2 aliphatic rings. The molecule has 2 aromatic rings. The van der Waals surface area contributed by atoms with E-state index in [-0.39, 0.29) is 18.5 Å². The van der Waals surface area contributed by atoms with Crippen LogP contribution in [0.5, 0.6) is 17.2 Å². The minimum atomic E-state index is -0.427. The number of nitrogens with zero attached hydrogens (tertiary/aromatic N) is 1. The molecule has 0 saturated carbocycles. The van der Waals surface area contributed by atoms with Crippen LogP contribution in [0.25, 0.3) is 0 Å². The summed E-state index contributed by atoms with van der Waals surface area (Å²) in [5.74, 6) is 1.31. The maximum Gasteiger partial charge on any atom is 0.231 e. The third-order valence-corrected chi connectivity index (χ3v) is 5.18. The monoisotopic (exact) mass is 371 g/mol. The Morgan fingerprint density at radius 3 is 3.04 bits per heavy atom. The zero-order valence-electron chi connectivity index (χ0n) is 15.2. The van der Waals surface area contributed by atoms with Crippen LogP contribution >= 0.6 is 0 Å². The van der Waals surface area contributed by atoms with Gasteiger partial charge in [-0.25, -0.2) is 4.39 Å². The van der Waals surface area contributed by atoms with Gasteiger partial charge in [0.1, 0.15) is 11.6 Å². The molecule has 0 N–H and O–H groups in total. The average Bonchev–Trinajstić information content (AvgIpc) is 3.17. The van der Waals surface area contributed by atoms with E-state index in [0.29, 0.717) is 24.4 Å². The number of hydrogen-bond acceptors (Lipinski definition) is 5. The van der Waals surface area contributed by atoms with Gasteiger partial charge in [0.25, 0.3) is 0 Å². The van der Waals surface area contributed by atoms with E-state index in [1.165, 1.54) is 25.3 Å². The molecule has 27 heavy (non-hydrogen) atoms. The first kappa shape index (κ1) is 17.8. The minimum absolute atomic E-state index is 0.0612. The Morgan fingerprint density at radius 1 is 1.30 bits per heavy atom. The third-order valence-electron chi connectivity index (χ3n) is 5.18. The van der Waals surface area contributed by atoms with Crippen molar-refractivity contribution in [1.29, 1.82) is 0 Å². The number of benzene rings is 2. The molecule has 2 aliphatic heterocycles. The van der Waals surface area contributed by atoms with Crippen LogP contribution in [0, 0.1) is 11.7 Å². The Bertz CT molecular complexity index is 854. The van der Waals surface area contributed by atoms with E-state index in [9.17, 15) is 9.18 Å². The number of carbonyl (C=O) groups is 1. The van der Waals surface area contributed by atoms with E-state index < -0.39 is 5.82 Å². The van der Waals surface area contributed by atoms with Crippen molar-refractivity contribution in [3.05, 3.63) is 53.3 Å². The van der Waals surface area contributed by atoms with E-state index >= 15 is 0 Å². The molecular formula is C21H22FNO4. The number of likely N-dealkylation sites (tertiary alicyclic amines) is 1. The molecule has 4 rings (SSSR count). The topological polar surface area (TPSA) is 48.0 Å². The molecule has 0 amide bonds. The highest BCUT2D eigenvalue weighted by Crippen LogP contribution is 2.36. The summed E-state index contributed by atoms with van der Waals surface area (Å²) >= 11 is 0. The van der Waals surface area contributed by atoms with Gasteiger partial charge in [-0.1, -0.05) is 12.1 Å². The summed E-state index contributed by atoms with van der Waals surface area (Å²) in [6.45, 7) is 2.47. The van der Waals surface area contributed by atoms with Crippen LogP contribution in [0.15, 0.2) is 36.4 Å². The second kappa shape index (κ2) is 7.56. The molecule has 0 aromatic heterocycles. The predicted molar refractivity (Wildman–Crippen MR) is 97.8 cm³/mol. The smallest absolute Gasteiger partial charge is 0.231 e. The van der Waals surface area contributed by atoms with Gasteiger partial charge in [-0.05, 0) is 43.7 Å².